The SMILES string of the molecule is CCCc1nn(C)c(N2CCC(C)(O)CC2)c1N. The van der Waals surface area contributed by atoms with E-state index in [9.17, 15) is 5.11 Å². The molecule has 0 amide bonds. The Kier molecular flexibility index (Phi) is 3.52. The summed E-state index contributed by atoms with van der Waals surface area (Å²) in [4.78, 5) is 2.24. The lowest BCUT2D eigenvalue weighted by Gasteiger charge is -2.37. The van der Waals surface area contributed by atoms with E-state index in [4.69, 9.17) is 5.73 Å². The zero-order chi connectivity index (χ0) is 13.3. The number of rotatable bonds is 3. The summed E-state index contributed by atoms with van der Waals surface area (Å²) in [6.45, 7) is 5.70. The molecular weight excluding hydrogens is 228 g/mol. The Balaban J connectivity index is 2.19. The van der Waals surface area contributed by atoms with Crippen LogP contribution in [0.25, 0.3) is 0 Å². The van der Waals surface area contributed by atoms with E-state index in [1.807, 2.05) is 18.7 Å². The summed E-state index contributed by atoms with van der Waals surface area (Å²) in [7, 11) is 1.94. The van der Waals surface area contributed by atoms with Crippen molar-refractivity contribution in [3.63, 3.8) is 0 Å². The maximum absolute atomic E-state index is 9.99. The highest BCUT2D eigenvalue weighted by atomic mass is 16.3. The molecule has 0 aliphatic carbocycles. The fourth-order valence-corrected chi connectivity index (χ4v) is 2.58. The topological polar surface area (TPSA) is 67.3 Å². The maximum Gasteiger partial charge on any atom is 0.150 e. The number of aromatic nitrogens is 2. The van der Waals surface area contributed by atoms with E-state index in [2.05, 4.69) is 16.9 Å². The van der Waals surface area contributed by atoms with Crippen LogP contribution in [0.3, 0.4) is 0 Å². The van der Waals surface area contributed by atoms with Crippen molar-refractivity contribution in [1.82, 2.24) is 9.78 Å². The van der Waals surface area contributed by atoms with E-state index in [0.29, 0.717) is 0 Å². The van der Waals surface area contributed by atoms with Crippen molar-refractivity contribution >= 4 is 11.5 Å². The Morgan fingerprint density at radius 3 is 2.56 bits per heavy atom. The molecule has 2 rings (SSSR count). The molecule has 1 fully saturated rings. The van der Waals surface area contributed by atoms with E-state index in [-0.39, 0.29) is 0 Å². The molecule has 5 nitrogen and oxygen atoms in total. The van der Waals surface area contributed by atoms with E-state index in [0.717, 1.165) is 56.0 Å². The van der Waals surface area contributed by atoms with Gasteiger partial charge in [-0.1, -0.05) is 13.3 Å². The van der Waals surface area contributed by atoms with Gasteiger partial charge in [0.05, 0.1) is 17.0 Å². The maximum atomic E-state index is 9.99. The number of aryl methyl sites for hydroxylation is 2. The normalized spacial score (nSPS) is 19.2. The molecule has 0 unspecified atom stereocenters. The van der Waals surface area contributed by atoms with Gasteiger partial charge in [-0.2, -0.15) is 5.10 Å². The van der Waals surface area contributed by atoms with Gasteiger partial charge in [0.25, 0.3) is 0 Å². The molecule has 0 bridgehead atoms. The van der Waals surface area contributed by atoms with Crippen LogP contribution < -0.4 is 10.6 Å². The largest absolute Gasteiger partial charge is 0.394 e. The molecule has 3 N–H and O–H groups in total. The monoisotopic (exact) mass is 252 g/mol. The molecule has 0 radical (unpaired) electrons. The van der Waals surface area contributed by atoms with Gasteiger partial charge in [-0.3, -0.25) is 4.68 Å². The predicted octanol–water partition coefficient (Wildman–Crippen LogP) is 1.31. The van der Waals surface area contributed by atoms with E-state index < -0.39 is 5.60 Å². The first-order chi connectivity index (χ1) is 8.44. The highest BCUT2D eigenvalue weighted by Gasteiger charge is 2.30. The fourth-order valence-electron chi connectivity index (χ4n) is 2.58. The van der Waals surface area contributed by atoms with Crippen LogP contribution in [0.2, 0.25) is 0 Å². The van der Waals surface area contributed by atoms with E-state index >= 15 is 0 Å². The molecule has 18 heavy (non-hydrogen) atoms. The smallest absolute Gasteiger partial charge is 0.150 e. The molecule has 1 aromatic heterocycles. The lowest BCUT2D eigenvalue weighted by molar-refractivity contribution is 0.0349. The van der Waals surface area contributed by atoms with E-state index in [1.54, 1.807) is 0 Å². The summed E-state index contributed by atoms with van der Waals surface area (Å²) in [5, 5.41) is 14.5. The first kappa shape index (κ1) is 13.2. The number of nitrogens with two attached hydrogens (primary N) is 1. The van der Waals surface area contributed by atoms with Gasteiger partial charge in [0, 0.05) is 20.1 Å². The van der Waals surface area contributed by atoms with Gasteiger partial charge in [0.2, 0.25) is 0 Å². The van der Waals surface area contributed by atoms with Gasteiger partial charge < -0.3 is 15.7 Å². The summed E-state index contributed by atoms with van der Waals surface area (Å²) in [5.41, 5.74) is 7.47. The zero-order valence-corrected chi connectivity index (χ0v) is 11.6. The number of aliphatic hydroxyl groups is 1. The van der Waals surface area contributed by atoms with Crippen LogP contribution >= 0.6 is 0 Å². The van der Waals surface area contributed by atoms with Crippen molar-refractivity contribution in [3.8, 4) is 0 Å². The van der Waals surface area contributed by atoms with Gasteiger partial charge in [-0.25, -0.2) is 0 Å². The second-order valence-electron chi connectivity index (χ2n) is 5.54. The average molecular weight is 252 g/mol. The number of hydrogen-bond donors (Lipinski definition) is 2. The molecule has 2 heterocycles. The van der Waals surface area contributed by atoms with E-state index in [1.165, 1.54) is 0 Å². The molecule has 102 valence electrons. The van der Waals surface area contributed by atoms with Crippen LogP contribution in [0.5, 0.6) is 0 Å². The summed E-state index contributed by atoms with van der Waals surface area (Å²) < 4.78 is 1.88. The van der Waals surface area contributed by atoms with Crippen molar-refractivity contribution in [2.24, 2.45) is 7.05 Å². The van der Waals surface area contributed by atoms with Crippen molar-refractivity contribution < 1.29 is 5.11 Å². The molecule has 1 aliphatic heterocycles. The third-order valence-electron chi connectivity index (χ3n) is 3.76. The van der Waals surface area contributed by atoms with Crippen LogP contribution in [0, 0.1) is 0 Å². The Morgan fingerprint density at radius 2 is 2.00 bits per heavy atom. The van der Waals surface area contributed by atoms with Crippen molar-refractivity contribution in [3.05, 3.63) is 5.69 Å². The van der Waals surface area contributed by atoms with Crippen LogP contribution in [0.4, 0.5) is 11.5 Å². The Hall–Kier alpha value is -1.23. The molecule has 0 saturated carbocycles. The first-order valence-electron chi connectivity index (χ1n) is 6.73. The quantitative estimate of drug-likeness (QED) is 0.851. The predicted molar refractivity (Wildman–Crippen MR) is 73.7 cm³/mol. The summed E-state index contributed by atoms with van der Waals surface area (Å²) >= 11 is 0. The summed E-state index contributed by atoms with van der Waals surface area (Å²) in [5.74, 6) is 1.01. The fraction of sp³-hybridized carbons (Fsp3) is 0.769. The lowest BCUT2D eigenvalue weighted by atomic mass is 9.94. The third kappa shape index (κ3) is 2.46. The lowest BCUT2D eigenvalue weighted by Crippen LogP contribution is -2.43. The Bertz CT molecular complexity index is 415. The number of nitrogen functional groups attached to an aromatic ring is 1. The minimum Gasteiger partial charge on any atom is -0.394 e. The summed E-state index contributed by atoms with van der Waals surface area (Å²) in [6.07, 6.45) is 3.53. The average Bonchev–Trinajstić information content (AvgIpc) is 2.56. The highest BCUT2D eigenvalue weighted by molar-refractivity contribution is 5.66. The van der Waals surface area contributed by atoms with Crippen LogP contribution in [-0.4, -0.2) is 33.6 Å². The van der Waals surface area contributed by atoms with Gasteiger partial charge in [0.15, 0.2) is 0 Å². The van der Waals surface area contributed by atoms with Crippen LogP contribution in [0.1, 0.15) is 38.8 Å². The third-order valence-corrected chi connectivity index (χ3v) is 3.76. The van der Waals surface area contributed by atoms with Crippen molar-refractivity contribution in [2.45, 2.75) is 45.1 Å². The number of hydrogen-bond acceptors (Lipinski definition) is 4. The highest BCUT2D eigenvalue weighted by Crippen LogP contribution is 2.31. The van der Waals surface area contributed by atoms with Crippen LogP contribution in [0.15, 0.2) is 0 Å². The molecule has 0 aromatic carbocycles. The van der Waals surface area contributed by atoms with Crippen LogP contribution in [-0.2, 0) is 13.5 Å². The van der Waals surface area contributed by atoms with Gasteiger partial charge in [0.1, 0.15) is 5.82 Å². The summed E-state index contributed by atoms with van der Waals surface area (Å²) in [6, 6.07) is 0. The first-order valence-corrected chi connectivity index (χ1v) is 6.73. The zero-order valence-electron chi connectivity index (χ0n) is 11.6. The van der Waals surface area contributed by atoms with Crippen molar-refractivity contribution in [1.29, 1.82) is 0 Å². The number of nitrogens with zero attached hydrogens (tertiary/aromatic N) is 3. The second-order valence-corrected chi connectivity index (χ2v) is 5.54. The number of anilines is 2. The van der Waals surface area contributed by atoms with Crippen molar-refractivity contribution in [2.75, 3.05) is 23.7 Å². The van der Waals surface area contributed by atoms with Gasteiger partial charge >= 0.3 is 0 Å². The molecule has 5 heteroatoms. The van der Waals surface area contributed by atoms with Gasteiger partial charge in [-0.15, -0.1) is 0 Å². The molecule has 1 saturated heterocycles. The van der Waals surface area contributed by atoms with Gasteiger partial charge in [-0.05, 0) is 26.2 Å². The minimum absolute atomic E-state index is 0.532. The Labute approximate surface area is 109 Å². The molecule has 0 atom stereocenters. The number of piperidine rings is 1. The molecule has 1 aromatic rings. The molecule has 1 aliphatic rings. The second kappa shape index (κ2) is 4.80. The molecular formula is C13H24N4O. The molecule has 0 spiro atoms. The standard InChI is InChI=1S/C13H24N4O/c1-4-5-10-11(14)12(16(3)15-10)17-8-6-13(2,18)7-9-17/h18H,4-9,14H2,1-3H3. The Morgan fingerprint density at radius 1 is 1.39 bits per heavy atom. The minimum atomic E-state index is -0.532.